The van der Waals surface area contributed by atoms with Crippen LogP contribution < -0.4 is 9.80 Å². The van der Waals surface area contributed by atoms with Crippen molar-refractivity contribution in [2.45, 2.75) is 0 Å². The van der Waals surface area contributed by atoms with Crippen LogP contribution in [0.5, 0.6) is 0 Å². The molecule has 0 aliphatic rings. The van der Waals surface area contributed by atoms with Gasteiger partial charge in [0.05, 0.1) is 44.1 Å². The molecule has 0 unspecified atom stereocenters. The number of fused-ring (bicyclic) bond motifs is 18. The Balaban J connectivity index is 0.000000141. The van der Waals surface area contributed by atoms with Gasteiger partial charge < -0.3 is 36.9 Å². The SMILES string of the molecule is c1ccc(-n2c3ccccc3c3ccc(-c4ccc(N(c5ccc(-c6ccc(-n7c8ccccc8c8ccccc87)cc6)cc5)c5ccc(-c6cccc7c6oc6ccccc67)cc5)cc4)cc32)cc1.c1ccc2c(c1)oc1c(-c3ccc(N(c4ccc(-c5ccc(-n6c7ccccc7c7ccccc76)cc5)cc4)c4ccc(-c5ccc(-n6c7ccccc7c7ccccc76)cc5)cc4)cc3)cccc12. The fourth-order valence-electron chi connectivity index (χ4n) is 21.7. The van der Waals surface area contributed by atoms with Crippen LogP contribution in [-0.4, -0.2) is 18.3 Å². The first-order valence-electron chi connectivity index (χ1n) is 47.8. The minimum atomic E-state index is 0.900. The second-order valence-corrected chi connectivity index (χ2v) is 36.2. The van der Waals surface area contributed by atoms with E-state index < -0.39 is 0 Å². The lowest BCUT2D eigenvalue weighted by atomic mass is 10.0. The quantitative estimate of drug-likeness (QED) is 0.0967. The van der Waals surface area contributed by atoms with Crippen LogP contribution in [0.15, 0.2) is 531 Å². The first-order chi connectivity index (χ1) is 69.4. The van der Waals surface area contributed by atoms with Crippen LogP contribution in [0.4, 0.5) is 34.1 Å². The van der Waals surface area contributed by atoms with Crippen LogP contribution >= 0.6 is 0 Å². The van der Waals surface area contributed by atoms with Crippen LogP contribution in [-0.2, 0) is 0 Å². The molecule has 0 fully saturated rings. The van der Waals surface area contributed by atoms with E-state index >= 15 is 0 Å². The predicted molar refractivity (Wildman–Crippen MR) is 587 cm³/mol. The fourth-order valence-corrected chi connectivity index (χ4v) is 21.7. The van der Waals surface area contributed by atoms with Gasteiger partial charge in [0.25, 0.3) is 0 Å². The summed E-state index contributed by atoms with van der Waals surface area (Å²) in [4.78, 5) is 4.69. The minimum Gasteiger partial charge on any atom is -0.455 e. The lowest BCUT2D eigenvalue weighted by Gasteiger charge is -2.26. The topological polar surface area (TPSA) is 52.5 Å². The van der Waals surface area contributed by atoms with Gasteiger partial charge in [-0.1, -0.05) is 340 Å². The highest BCUT2D eigenvalue weighted by Gasteiger charge is 2.24. The molecule has 0 saturated carbocycles. The number of nitrogens with zero attached hydrogens (tertiary/aromatic N) is 6. The highest BCUT2D eigenvalue weighted by molar-refractivity contribution is 6.15. The Kier molecular flexibility index (Phi) is 19.5. The van der Waals surface area contributed by atoms with Gasteiger partial charge in [-0.25, -0.2) is 0 Å². The van der Waals surface area contributed by atoms with Crippen molar-refractivity contribution in [2.24, 2.45) is 0 Å². The summed E-state index contributed by atoms with van der Waals surface area (Å²) in [6, 6.07) is 188. The van der Waals surface area contributed by atoms with Crippen molar-refractivity contribution in [1.82, 2.24) is 18.3 Å². The van der Waals surface area contributed by atoms with Crippen molar-refractivity contribution in [2.75, 3.05) is 9.80 Å². The van der Waals surface area contributed by atoms with E-state index in [2.05, 4.69) is 526 Å². The summed E-state index contributed by atoms with van der Waals surface area (Å²) >= 11 is 0. The molecule has 0 radical (unpaired) electrons. The number of rotatable bonds is 16. The molecular formula is C132H86N6O2. The molecule has 0 spiro atoms. The molecule has 6 aromatic heterocycles. The molecule has 0 saturated heterocycles. The van der Waals surface area contributed by atoms with Crippen molar-refractivity contribution in [3.63, 3.8) is 0 Å². The van der Waals surface area contributed by atoms with E-state index in [1.807, 2.05) is 24.3 Å². The number of furan rings is 2. The van der Waals surface area contributed by atoms with Crippen molar-refractivity contribution in [1.29, 1.82) is 0 Å². The largest absolute Gasteiger partial charge is 0.455 e. The van der Waals surface area contributed by atoms with Gasteiger partial charge in [-0.05, 0) is 238 Å². The van der Waals surface area contributed by atoms with Crippen LogP contribution in [0.25, 0.3) is 221 Å². The van der Waals surface area contributed by atoms with Gasteiger partial charge in [-0.3, -0.25) is 0 Å². The Labute approximate surface area is 807 Å². The molecule has 8 nitrogen and oxygen atoms in total. The Hall–Kier alpha value is -18.8. The molecule has 0 atom stereocenters. The molecule has 28 aromatic rings. The van der Waals surface area contributed by atoms with Crippen LogP contribution in [0.3, 0.4) is 0 Å². The van der Waals surface area contributed by atoms with Crippen molar-refractivity contribution in [3.8, 4) is 89.5 Å². The van der Waals surface area contributed by atoms with Gasteiger partial charge in [-0.15, -0.1) is 0 Å². The van der Waals surface area contributed by atoms with Gasteiger partial charge in [-0.2, -0.15) is 0 Å². The summed E-state index contributed by atoms with van der Waals surface area (Å²) in [7, 11) is 0. The number of para-hydroxylation sites is 12. The van der Waals surface area contributed by atoms with Gasteiger partial charge in [0, 0.05) is 133 Å². The fraction of sp³-hybridized carbons (Fsp3) is 0. The number of anilines is 6. The predicted octanol–water partition coefficient (Wildman–Crippen LogP) is 36.5. The standard InChI is InChI=1S/2C66H43N3O/c1-6-19-61-55(12-1)56-13-2-7-20-62(56)68(61)52-38-28-46(29-39-52)44-24-34-49(35-25-44)67(51-42-32-48(33-43-51)54-17-11-18-60-59-16-5-10-23-65(59)70-66(54)60)50-36-26-45(27-37-50)47-30-40-53(41-31-47)69-63-21-8-3-14-57(63)58-15-4-9-22-64(58)69;1-2-13-49(14-3-1)69-63-23-10-6-17-57(63)58-42-33-48(43-64(58)69)46-29-36-51(37-30-46)67(52-40-31-47(32-41-52)54-19-12-20-60-59-18-7-11-24-65(59)70-66(54)60)50-34-25-44(26-35-50)45-27-38-53(39-28-45)68-61-21-8-4-15-55(61)56-16-5-9-22-62(56)68/h2*1-43H. The maximum Gasteiger partial charge on any atom is 0.143 e. The third-order valence-corrected chi connectivity index (χ3v) is 28.3. The number of hydrogen-bond acceptors (Lipinski definition) is 4. The van der Waals surface area contributed by atoms with E-state index in [1.165, 1.54) is 109 Å². The van der Waals surface area contributed by atoms with Gasteiger partial charge in [0.2, 0.25) is 0 Å². The van der Waals surface area contributed by atoms with E-state index in [9.17, 15) is 0 Å². The maximum atomic E-state index is 6.46. The Morgan fingerprint density at radius 3 is 0.636 bits per heavy atom. The molecule has 0 bridgehead atoms. The van der Waals surface area contributed by atoms with Gasteiger partial charge in [0.1, 0.15) is 22.3 Å². The van der Waals surface area contributed by atoms with E-state index in [1.54, 1.807) is 0 Å². The molecule has 0 aliphatic heterocycles. The van der Waals surface area contributed by atoms with E-state index in [-0.39, 0.29) is 0 Å². The van der Waals surface area contributed by atoms with Crippen molar-refractivity contribution >= 4 is 165 Å². The first kappa shape index (κ1) is 80.9. The van der Waals surface area contributed by atoms with Crippen LogP contribution in [0.1, 0.15) is 0 Å². The molecule has 0 aliphatic carbocycles. The van der Waals surface area contributed by atoms with Gasteiger partial charge in [0.15, 0.2) is 0 Å². The number of hydrogen-bond donors (Lipinski definition) is 0. The number of aromatic nitrogens is 4. The molecule has 6 heterocycles. The summed E-state index contributed by atoms with van der Waals surface area (Å²) < 4.78 is 22.4. The summed E-state index contributed by atoms with van der Waals surface area (Å²) in [5, 5.41) is 14.6. The zero-order valence-corrected chi connectivity index (χ0v) is 76.2. The average molecular weight is 1790 g/mol. The van der Waals surface area contributed by atoms with Crippen LogP contribution in [0.2, 0.25) is 0 Å². The minimum absolute atomic E-state index is 0.900. The summed E-state index contributed by atoms with van der Waals surface area (Å²) in [6.45, 7) is 0. The third kappa shape index (κ3) is 13.8. The van der Waals surface area contributed by atoms with Crippen LogP contribution in [0, 0.1) is 0 Å². The lowest BCUT2D eigenvalue weighted by molar-refractivity contribution is 0.669. The Bertz CT molecular complexity index is 9260. The average Bonchev–Trinajstić information content (AvgIpc) is 1.58. The molecular weight excluding hydrogens is 1700 g/mol. The summed E-state index contributed by atoms with van der Waals surface area (Å²) in [5.74, 6) is 0. The third-order valence-electron chi connectivity index (χ3n) is 28.3. The normalized spacial score (nSPS) is 11.7. The first-order valence-corrected chi connectivity index (χ1v) is 47.8. The molecule has 0 N–H and O–H groups in total. The summed E-state index contributed by atoms with van der Waals surface area (Å²) in [6.07, 6.45) is 0. The maximum absolute atomic E-state index is 6.46. The second-order valence-electron chi connectivity index (χ2n) is 36.2. The number of benzene rings is 22. The molecule has 8 heteroatoms. The zero-order valence-electron chi connectivity index (χ0n) is 76.2. The molecule has 140 heavy (non-hydrogen) atoms. The lowest BCUT2D eigenvalue weighted by Crippen LogP contribution is -2.09. The monoisotopic (exact) mass is 1790 g/mol. The molecule has 656 valence electrons. The van der Waals surface area contributed by atoms with Crippen molar-refractivity contribution < 1.29 is 8.83 Å². The van der Waals surface area contributed by atoms with E-state index in [4.69, 9.17) is 8.83 Å². The highest BCUT2D eigenvalue weighted by Crippen LogP contribution is 2.47. The zero-order chi connectivity index (χ0) is 92.2. The van der Waals surface area contributed by atoms with E-state index in [0.717, 1.165) is 145 Å². The second kappa shape index (κ2) is 33.7. The van der Waals surface area contributed by atoms with E-state index in [0.29, 0.717) is 0 Å². The Morgan fingerprint density at radius 1 is 0.136 bits per heavy atom. The highest BCUT2D eigenvalue weighted by atomic mass is 16.3. The van der Waals surface area contributed by atoms with Gasteiger partial charge >= 0.3 is 0 Å². The smallest absolute Gasteiger partial charge is 0.143 e. The van der Waals surface area contributed by atoms with Crippen molar-refractivity contribution in [3.05, 3.63) is 522 Å². The molecule has 28 rings (SSSR count). The molecule has 22 aromatic carbocycles. The Morgan fingerprint density at radius 2 is 0.343 bits per heavy atom. The molecule has 0 amide bonds. The summed E-state index contributed by atoms with van der Waals surface area (Å²) in [5.41, 5.74) is 37.9.